The summed E-state index contributed by atoms with van der Waals surface area (Å²) in [7, 11) is 0. The van der Waals surface area contributed by atoms with E-state index in [4.69, 9.17) is 10.5 Å². The quantitative estimate of drug-likeness (QED) is 0.801. The molecule has 1 aliphatic rings. The van der Waals surface area contributed by atoms with E-state index in [9.17, 15) is 0 Å². The Bertz CT molecular complexity index is 794. The van der Waals surface area contributed by atoms with Crippen molar-refractivity contribution in [2.75, 3.05) is 0 Å². The molecule has 3 aromatic rings. The topological polar surface area (TPSA) is 53.1 Å². The van der Waals surface area contributed by atoms with Crippen molar-refractivity contribution in [3.05, 3.63) is 77.9 Å². The maximum atomic E-state index is 6.21. The van der Waals surface area contributed by atoms with Crippen molar-refractivity contribution in [1.82, 2.24) is 9.55 Å². The van der Waals surface area contributed by atoms with Crippen LogP contribution in [0.15, 0.2) is 61.1 Å². The SMILES string of the molecule is NCc1cccc(OC2c3ccccc3-n3cncc32)c1. The van der Waals surface area contributed by atoms with Gasteiger partial charge in [-0.25, -0.2) is 4.98 Å². The molecule has 0 radical (unpaired) electrons. The summed E-state index contributed by atoms with van der Waals surface area (Å²) in [6.07, 6.45) is 3.56. The summed E-state index contributed by atoms with van der Waals surface area (Å²) in [4.78, 5) is 4.23. The molecule has 0 saturated carbocycles. The van der Waals surface area contributed by atoms with Gasteiger partial charge in [0.1, 0.15) is 5.75 Å². The molecule has 0 saturated heterocycles. The van der Waals surface area contributed by atoms with Gasteiger partial charge in [0.15, 0.2) is 6.10 Å². The molecule has 0 fully saturated rings. The highest BCUT2D eigenvalue weighted by molar-refractivity contribution is 5.52. The maximum Gasteiger partial charge on any atom is 0.168 e. The van der Waals surface area contributed by atoms with E-state index < -0.39 is 0 Å². The summed E-state index contributed by atoms with van der Waals surface area (Å²) >= 11 is 0. The van der Waals surface area contributed by atoms with Crippen LogP contribution in [-0.2, 0) is 6.54 Å². The second kappa shape index (κ2) is 4.75. The van der Waals surface area contributed by atoms with Gasteiger partial charge in [-0.15, -0.1) is 0 Å². The van der Waals surface area contributed by atoms with Crippen molar-refractivity contribution < 1.29 is 4.74 Å². The molecular weight excluding hydrogens is 262 g/mol. The van der Waals surface area contributed by atoms with Gasteiger partial charge in [-0.2, -0.15) is 0 Å². The van der Waals surface area contributed by atoms with Crippen LogP contribution in [0.2, 0.25) is 0 Å². The molecular formula is C17H15N3O. The molecule has 0 amide bonds. The first-order valence-electron chi connectivity index (χ1n) is 6.94. The van der Waals surface area contributed by atoms with Crippen molar-refractivity contribution in [3.8, 4) is 11.4 Å². The Morgan fingerprint density at radius 2 is 2.05 bits per heavy atom. The number of para-hydroxylation sites is 1. The number of fused-ring (bicyclic) bond motifs is 3. The maximum absolute atomic E-state index is 6.21. The Kier molecular flexibility index (Phi) is 2.75. The van der Waals surface area contributed by atoms with E-state index in [0.717, 1.165) is 28.3 Å². The third kappa shape index (κ3) is 1.92. The molecule has 2 N–H and O–H groups in total. The van der Waals surface area contributed by atoms with Gasteiger partial charge < -0.3 is 10.5 Å². The number of benzene rings is 2. The van der Waals surface area contributed by atoms with Crippen LogP contribution in [0.3, 0.4) is 0 Å². The molecule has 2 aromatic carbocycles. The first-order chi connectivity index (χ1) is 10.4. The molecule has 0 bridgehead atoms. The third-order valence-electron chi connectivity index (χ3n) is 3.80. The Morgan fingerprint density at radius 3 is 2.95 bits per heavy atom. The summed E-state index contributed by atoms with van der Waals surface area (Å²) in [6, 6.07) is 16.2. The predicted molar refractivity (Wildman–Crippen MR) is 80.4 cm³/mol. The van der Waals surface area contributed by atoms with E-state index >= 15 is 0 Å². The second-order valence-electron chi connectivity index (χ2n) is 5.10. The molecule has 0 aliphatic carbocycles. The zero-order valence-electron chi connectivity index (χ0n) is 11.4. The first kappa shape index (κ1) is 12.2. The summed E-state index contributed by atoms with van der Waals surface area (Å²) in [6.45, 7) is 0.510. The van der Waals surface area contributed by atoms with Gasteiger partial charge in [-0.05, 0) is 23.8 Å². The molecule has 1 atom stereocenters. The zero-order chi connectivity index (χ0) is 14.2. The Morgan fingerprint density at radius 1 is 1.14 bits per heavy atom. The van der Waals surface area contributed by atoms with Gasteiger partial charge in [0.2, 0.25) is 0 Å². The minimum atomic E-state index is -0.128. The number of nitrogens with two attached hydrogens (primary N) is 1. The highest BCUT2D eigenvalue weighted by Gasteiger charge is 2.30. The van der Waals surface area contributed by atoms with Gasteiger partial charge >= 0.3 is 0 Å². The summed E-state index contributed by atoms with van der Waals surface area (Å²) < 4.78 is 8.29. The highest BCUT2D eigenvalue weighted by atomic mass is 16.5. The third-order valence-corrected chi connectivity index (χ3v) is 3.80. The van der Waals surface area contributed by atoms with Crippen LogP contribution >= 0.6 is 0 Å². The van der Waals surface area contributed by atoms with E-state index in [0.29, 0.717) is 6.54 Å². The van der Waals surface area contributed by atoms with Crippen molar-refractivity contribution in [1.29, 1.82) is 0 Å². The van der Waals surface area contributed by atoms with Gasteiger partial charge in [0.25, 0.3) is 0 Å². The molecule has 1 unspecified atom stereocenters. The van der Waals surface area contributed by atoms with Crippen LogP contribution in [0.5, 0.6) is 5.75 Å². The molecule has 4 nitrogen and oxygen atoms in total. The van der Waals surface area contributed by atoms with Gasteiger partial charge in [0, 0.05) is 12.1 Å². The number of aromatic nitrogens is 2. The van der Waals surface area contributed by atoms with E-state index in [1.54, 1.807) is 0 Å². The van der Waals surface area contributed by atoms with Crippen LogP contribution in [0, 0.1) is 0 Å². The summed E-state index contributed by atoms with van der Waals surface area (Å²) in [5, 5.41) is 0. The fourth-order valence-electron chi connectivity index (χ4n) is 2.79. The minimum absolute atomic E-state index is 0.128. The fraction of sp³-hybridized carbons (Fsp3) is 0.118. The normalized spacial score (nSPS) is 15.6. The van der Waals surface area contributed by atoms with E-state index in [2.05, 4.69) is 21.7 Å². The van der Waals surface area contributed by atoms with Crippen LogP contribution < -0.4 is 10.5 Å². The second-order valence-corrected chi connectivity index (χ2v) is 5.10. The number of rotatable bonds is 3. The summed E-state index contributed by atoms with van der Waals surface area (Å²) in [5.41, 5.74) is 10.1. The molecule has 1 aliphatic heterocycles. The predicted octanol–water partition coefficient (Wildman–Crippen LogP) is 2.81. The van der Waals surface area contributed by atoms with E-state index in [-0.39, 0.29) is 6.10 Å². The van der Waals surface area contributed by atoms with Crippen molar-refractivity contribution in [2.45, 2.75) is 12.6 Å². The standard InChI is InChI=1S/C17H15N3O/c18-9-12-4-3-5-13(8-12)21-17-14-6-1-2-7-15(14)20-11-19-10-16(17)20/h1-8,10-11,17H,9,18H2. The smallest absolute Gasteiger partial charge is 0.168 e. The average Bonchev–Trinajstić information content (AvgIpc) is 3.11. The monoisotopic (exact) mass is 277 g/mol. The van der Waals surface area contributed by atoms with E-state index in [1.165, 1.54) is 0 Å². The lowest BCUT2D eigenvalue weighted by Gasteiger charge is -2.15. The van der Waals surface area contributed by atoms with Crippen LogP contribution in [0.1, 0.15) is 22.9 Å². The van der Waals surface area contributed by atoms with Crippen molar-refractivity contribution >= 4 is 0 Å². The van der Waals surface area contributed by atoms with Gasteiger partial charge in [-0.3, -0.25) is 4.57 Å². The summed E-state index contributed by atoms with van der Waals surface area (Å²) in [5.74, 6) is 0.826. The molecule has 0 spiro atoms. The molecule has 21 heavy (non-hydrogen) atoms. The fourth-order valence-corrected chi connectivity index (χ4v) is 2.79. The minimum Gasteiger partial charge on any atom is -0.479 e. The first-order valence-corrected chi connectivity index (χ1v) is 6.94. The molecule has 4 rings (SSSR count). The van der Waals surface area contributed by atoms with Crippen molar-refractivity contribution in [3.63, 3.8) is 0 Å². The molecule has 1 aromatic heterocycles. The van der Waals surface area contributed by atoms with Crippen LogP contribution in [0.25, 0.3) is 5.69 Å². The number of ether oxygens (including phenoxy) is 1. The molecule has 4 heteroatoms. The number of hydrogen-bond donors (Lipinski definition) is 1. The highest BCUT2D eigenvalue weighted by Crippen LogP contribution is 2.38. The number of nitrogens with zero attached hydrogens (tertiary/aromatic N) is 2. The number of hydrogen-bond acceptors (Lipinski definition) is 3. The van der Waals surface area contributed by atoms with Gasteiger partial charge in [0.05, 0.1) is 23.9 Å². The average molecular weight is 277 g/mol. The van der Waals surface area contributed by atoms with Gasteiger partial charge in [-0.1, -0.05) is 30.3 Å². The largest absolute Gasteiger partial charge is 0.479 e. The van der Waals surface area contributed by atoms with Crippen LogP contribution in [-0.4, -0.2) is 9.55 Å². The molecule has 104 valence electrons. The number of imidazole rings is 1. The zero-order valence-corrected chi connectivity index (χ0v) is 11.4. The Labute approximate surface area is 122 Å². The lowest BCUT2D eigenvalue weighted by molar-refractivity contribution is 0.248. The van der Waals surface area contributed by atoms with Crippen molar-refractivity contribution in [2.24, 2.45) is 5.73 Å². The lowest BCUT2D eigenvalue weighted by Crippen LogP contribution is -2.06. The van der Waals surface area contributed by atoms with Crippen LogP contribution in [0.4, 0.5) is 0 Å². The van der Waals surface area contributed by atoms with E-state index in [1.807, 2.05) is 48.9 Å². The lowest BCUT2D eigenvalue weighted by atomic mass is 10.1. The molecule has 2 heterocycles. The Balaban J connectivity index is 1.75. The Hall–Kier alpha value is -2.59.